The molecule has 0 fully saturated rings. The number of nitrogens with zero attached hydrogens (tertiary/aromatic N) is 2. The number of nitro benzene ring substituents is 1. The second kappa shape index (κ2) is 5.45. The van der Waals surface area contributed by atoms with Crippen molar-refractivity contribution >= 4 is 40.2 Å². The van der Waals surface area contributed by atoms with Gasteiger partial charge >= 0.3 is 0 Å². The van der Waals surface area contributed by atoms with Crippen molar-refractivity contribution in [2.75, 3.05) is 5.32 Å². The number of aromatic amines is 1. The summed E-state index contributed by atoms with van der Waals surface area (Å²) in [5, 5.41) is 13.7. The minimum Gasteiger partial charge on any atom is -0.324 e. The number of benzene rings is 2. The Labute approximate surface area is 129 Å². The summed E-state index contributed by atoms with van der Waals surface area (Å²) in [6.07, 6.45) is 0. The lowest BCUT2D eigenvalue weighted by Gasteiger charge is -2.03. The fraction of sp³-hybridized carbons (Fsp3) is 0. The smallest absolute Gasteiger partial charge is 0.282 e. The lowest BCUT2D eigenvalue weighted by atomic mass is 10.1. The number of rotatable bonds is 3. The molecule has 3 rings (SSSR count). The van der Waals surface area contributed by atoms with E-state index in [1.165, 1.54) is 18.2 Å². The molecule has 0 aliphatic rings. The van der Waals surface area contributed by atoms with Crippen LogP contribution in [0, 0.1) is 10.1 Å². The highest BCUT2D eigenvalue weighted by molar-refractivity contribution is 6.31. The zero-order chi connectivity index (χ0) is 15.7. The van der Waals surface area contributed by atoms with E-state index in [2.05, 4.69) is 15.3 Å². The number of amides is 1. The highest BCUT2D eigenvalue weighted by Gasteiger charge is 2.21. The van der Waals surface area contributed by atoms with Gasteiger partial charge in [-0.05, 0) is 24.3 Å². The van der Waals surface area contributed by atoms with Crippen LogP contribution in [-0.4, -0.2) is 20.8 Å². The summed E-state index contributed by atoms with van der Waals surface area (Å²) >= 11 is 5.81. The van der Waals surface area contributed by atoms with Gasteiger partial charge in [-0.25, -0.2) is 4.98 Å². The predicted octanol–water partition coefficient (Wildman–Crippen LogP) is 3.38. The number of H-pyrrole nitrogens is 1. The van der Waals surface area contributed by atoms with Crippen LogP contribution in [0.5, 0.6) is 0 Å². The lowest BCUT2D eigenvalue weighted by Crippen LogP contribution is -2.14. The monoisotopic (exact) mass is 316 g/mol. The molecule has 0 radical (unpaired) electrons. The molecule has 0 aliphatic carbocycles. The number of imidazole rings is 1. The summed E-state index contributed by atoms with van der Waals surface area (Å²) in [5.74, 6) is -0.450. The maximum absolute atomic E-state index is 12.2. The first kappa shape index (κ1) is 14.0. The molecule has 0 saturated carbocycles. The molecule has 2 N–H and O–H groups in total. The molecule has 0 bridgehead atoms. The van der Waals surface area contributed by atoms with Crippen molar-refractivity contribution in [2.45, 2.75) is 0 Å². The van der Waals surface area contributed by atoms with E-state index in [0.717, 1.165) is 5.52 Å². The third kappa shape index (κ3) is 2.61. The van der Waals surface area contributed by atoms with Crippen LogP contribution in [0.25, 0.3) is 11.0 Å². The van der Waals surface area contributed by atoms with Crippen LogP contribution in [0.15, 0.2) is 42.5 Å². The van der Waals surface area contributed by atoms with Crippen molar-refractivity contribution < 1.29 is 9.72 Å². The Morgan fingerprint density at radius 2 is 2.05 bits per heavy atom. The Bertz CT molecular complexity index is 858. The fourth-order valence-electron chi connectivity index (χ4n) is 2.04. The van der Waals surface area contributed by atoms with Crippen molar-refractivity contribution in [3.8, 4) is 0 Å². The van der Waals surface area contributed by atoms with Crippen molar-refractivity contribution in [3.63, 3.8) is 0 Å². The maximum Gasteiger partial charge on any atom is 0.282 e. The van der Waals surface area contributed by atoms with E-state index >= 15 is 0 Å². The third-order valence-corrected chi connectivity index (χ3v) is 3.26. The molecule has 0 atom stereocenters. The topological polar surface area (TPSA) is 101 Å². The molecule has 7 nitrogen and oxygen atoms in total. The number of carbonyl (C=O) groups excluding carboxylic acids is 1. The van der Waals surface area contributed by atoms with Gasteiger partial charge in [0.1, 0.15) is 5.56 Å². The standard InChI is InChI=1S/C14H9ClN4O3/c15-8-5-6-12(19(21)22)9(7-8)13(20)18-14-16-10-3-1-2-4-11(10)17-14/h1-7H,(H2,16,17,18,20). The molecule has 1 heterocycles. The Kier molecular flexibility index (Phi) is 3.48. The average Bonchev–Trinajstić information content (AvgIpc) is 2.88. The normalized spacial score (nSPS) is 10.6. The molecule has 0 saturated heterocycles. The highest BCUT2D eigenvalue weighted by Crippen LogP contribution is 2.24. The van der Waals surface area contributed by atoms with Crippen molar-refractivity contribution in [1.82, 2.24) is 9.97 Å². The van der Waals surface area contributed by atoms with Crippen LogP contribution in [0.4, 0.5) is 11.6 Å². The van der Waals surface area contributed by atoms with Crippen molar-refractivity contribution in [3.05, 3.63) is 63.2 Å². The first-order valence-electron chi connectivity index (χ1n) is 6.24. The van der Waals surface area contributed by atoms with Gasteiger partial charge < -0.3 is 4.98 Å². The van der Waals surface area contributed by atoms with E-state index in [-0.39, 0.29) is 22.2 Å². The first-order valence-corrected chi connectivity index (χ1v) is 6.62. The van der Waals surface area contributed by atoms with Crippen molar-refractivity contribution in [2.24, 2.45) is 0 Å². The molecule has 0 aliphatic heterocycles. The number of fused-ring (bicyclic) bond motifs is 1. The largest absolute Gasteiger partial charge is 0.324 e. The number of nitrogens with one attached hydrogen (secondary N) is 2. The van der Waals surface area contributed by atoms with Gasteiger partial charge in [-0.2, -0.15) is 0 Å². The summed E-state index contributed by atoms with van der Waals surface area (Å²) in [4.78, 5) is 29.7. The predicted molar refractivity (Wildman–Crippen MR) is 82.2 cm³/mol. The number of aromatic nitrogens is 2. The Hall–Kier alpha value is -2.93. The maximum atomic E-state index is 12.2. The highest BCUT2D eigenvalue weighted by atomic mass is 35.5. The summed E-state index contributed by atoms with van der Waals surface area (Å²) in [6.45, 7) is 0. The van der Waals surface area contributed by atoms with Gasteiger partial charge in [-0.1, -0.05) is 23.7 Å². The number of nitro groups is 1. The van der Waals surface area contributed by atoms with Gasteiger partial charge in [0, 0.05) is 11.1 Å². The summed E-state index contributed by atoms with van der Waals surface area (Å²) in [7, 11) is 0. The summed E-state index contributed by atoms with van der Waals surface area (Å²) < 4.78 is 0. The van der Waals surface area contributed by atoms with Crippen LogP contribution in [0.3, 0.4) is 0 Å². The van der Waals surface area contributed by atoms with E-state index < -0.39 is 10.8 Å². The molecule has 110 valence electrons. The van der Waals surface area contributed by atoms with Gasteiger partial charge in [-0.3, -0.25) is 20.2 Å². The second-order valence-electron chi connectivity index (χ2n) is 4.48. The number of para-hydroxylation sites is 2. The van der Waals surface area contributed by atoms with Gasteiger partial charge in [-0.15, -0.1) is 0 Å². The van der Waals surface area contributed by atoms with Crippen molar-refractivity contribution in [1.29, 1.82) is 0 Å². The van der Waals surface area contributed by atoms with Crippen LogP contribution in [0.1, 0.15) is 10.4 Å². The minimum absolute atomic E-state index is 0.127. The number of hydrogen-bond donors (Lipinski definition) is 2. The summed E-state index contributed by atoms with van der Waals surface area (Å²) in [6, 6.07) is 11.0. The number of anilines is 1. The molecular formula is C14H9ClN4O3. The molecule has 22 heavy (non-hydrogen) atoms. The molecule has 8 heteroatoms. The lowest BCUT2D eigenvalue weighted by molar-refractivity contribution is -0.385. The van der Waals surface area contributed by atoms with Gasteiger partial charge in [0.2, 0.25) is 5.95 Å². The second-order valence-corrected chi connectivity index (χ2v) is 4.91. The minimum atomic E-state index is -0.659. The van der Waals surface area contributed by atoms with Gasteiger partial charge in [0.05, 0.1) is 16.0 Å². The molecule has 1 amide bonds. The molecule has 3 aromatic rings. The molecule has 2 aromatic carbocycles. The zero-order valence-corrected chi connectivity index (χ0v) is 11.8. The van der Waals surface area contributed by atoms with E-state index in [1.807, 2.05) is 12.1 Å². The van der Waals surface area contributed by atoms with Crippen LogP contribution < -0.4 is 5.32 Å². The zero-order valence-electron chi connectivity index (χ0n) is 11.0. The average molecular weight is 317 g/mol. The van der Waals surface area contributed by atoms with E-state index in [4.69, 9.17) is 11.6 Å². The first-order chi connectivity index (χ1) is 10.5. The Balaban J connectivity index is 1.94. The fourth-order valence-corrected chi connectivity index (χ4v) is 2.21. The Morgan fingerprint density at radius 3 is 2.77 bits per heavy atom. The van der Waals surface area contributed by atoms with Crippen LogP contribution in [-0.2, 0) is 0 Å². The third-order valence-electron chi connectivity index (χ3n) is 3.02. The number of hydrogen-bond acceptors (Lipinski definition) is 4. The van der Waals surface area contributed by atoms with Gasteiger partial charge in [0.25, 0.3) is 11.6 Å². The number of halogens is 1. The quantitative estimate of drug-likeness (QED) is 0.571. The van der Waals surface area contributed by atoms with Crippen LogP contribution >= 0.6 is 11.6 Å². The molecule has 0 unspecified atom stereocenters. The van der Waals surface area contributed by atoms with E-state index in [1.54, 1.807) is 12.1 Å². The van der Waals surface area contributed by atoms with E-state index in [9.17, 15) is 14.9 Å². The molecule has 0 spiro atoms. The van der Waals surface area contributed by atoms with Gasteiger partial charge in [0.15, 0.2) is 0 Å². The Morgan fingerprint density at radius 1 is 1.27 bits per heavy atom. The number of carbonyl (C=O) groups is 1. The van der Waals surface area contributed by atoms with E-state index in [0.29, 0.717) is 5.52 Å². The molecule has 1 aromatic heterocycles. The molecular weight excluding hydrogens is 308 g/mol. The summed E-state index contributed by atoms with van der Waals surface area (Å²) in [5.41, 5.74) is 0.979. The van der Waals surface area contributed by atoms with Crippen LogP contribution in [0.2, 0.25) is 5.02 Å². The SMILES string of the molecule is O=C(Nc1nc2ccccc2[nH]1)c1cc(Cl)ccc1[N+](=O)[O-].